The number of aromatic amines is 1. The van der Waals surface area contributed by atoms with Crippen molar-refractivity contribution in [3.8, 4) is 11.6 Å². The Labute approximate surface area is 176 Å². The van der Waals surface area contributed by atoms with Gasteiger partial charge in [-0.25, -0.2) is 0 Å². The lowest BCUT2D eigenvalue weighted by Gasteiger charge is -2.12. The number of aryl methyl sites for hydroxylation is 1. The van der Waals surface area contributed by atoms with Gasteiger partial charge in [0, 0.05) is 30.4 Å². The van der Waals surface area contributed by atoms with Gasteiger partial charge in [-0.3, -0.25) is 9.59 Å². The monoisotopic (exact) mass is 411 g/mol. The minimum absolute atomic E-state index is 0.0637. The summed E-state index contributed by atoms with van der Waals surface area (Å²) in [6.45, 7) is 0.502. The maximum Gasteiger partial charge on any atom is 0.251 e. The van der Waals surface area contributed by atoms with Crippen LogP contribution in [0, 0.1) is 0 Å². The third-order valence-corrected chi connectivity index (χ3v) is 5.65. The molecular formula is C23H17N5O3. The van der Waals surface area contributed by atoms with E-state index < -0.39 is 0 Å². The first-order valence-electron chi connectivity index (χ1n) is 10.0. The van der Waals surface area contributed by atoms with Gasteiger partial charge in [0.15, 0.2) is 5.78 Å². The molecule has 1 aliphatic heterocycles. The molecule has 0 radical (unpaired) electrons. The number of carbonyl (C=O) groups excluding carboxylic acids is 2. The fourth-order valence-corrected chi connectivity index (χ4v) is 4.15. The van der Waals surface area contributed by atoms with Crippen LogP contribution in [0.4, 0.5) is 11.6 Å². The van der Waals surface area contributed by atoms with Gasteiger partial charge in [0.25, 0.3) is 5.91 Å². The highest BCUT2D eigenvalue weighted by atomic mass is 16.5. The smallest absolute Gasteiger partial charge is 0.251 e. The summed E-state index contributed by atoms with van der Waals surface area (Å²) in [5, 5.41) is 6.72. The van der Waals surface area contributed by atoms with E-state index in [2.05, 4.69) is 25.6 Å². The first-order valence-corrected chi connectivity index (χ1v) is 10.0. The summed E-state index contributed by atoms with van der Waals surface area (Å²) in [6, 6.07) is 13.0. The number of ketones is 1. The number of nitrogens with one attached hydrogen (secondary N) is 3. The molecule has 8 nitrogen and oxygen atoms in total. The molecule has 3 N–H and O–H groups in total. The van der Waals surface area contributed by atoms with Gasteiger partial charge < -0.3 is 20.4 Å². The van der Waals surface area contributed by atoms with Crippen LogP contribution in [0.5, 0.6) is 11.6 Å². The van der Waals surface area contributed by atoms with Crippen molar-refractivity contribution in [2.75, 3.05) is 5.32 Å². The number of rotatable bonds is 4. The molecule has 3 heterocycles. The summed E-state index contributed by atoms with van der Waals surface area (Å²) >= 11 is 0. The average molecular weight is 411 g/mol. The van der Waals surface area contributed by atoms with E-state index in [-0.39, 0.29) is 11.7 Å². The third-order valence-electron chi connectivity index (χ3n) is 5.65. The van der Waals surface area contributed by atoms with E-state index in [1.807, 2.05) is 30.3 Å². The van der Waals surface area contributed by atoms with Gasteiger partial charge in [0.1, 0.15) is 11.4 Å². The molecule has 4 aromatic rings. The van der Waals surface area contributed by atoms with E-state index in [0.717, 1.165) is 28.6 Å². The van der Waals surface area contributed by atoms with E-state index in [0.29, 0.717) is 47.3 Å². The van der Waals surface area contributed by atoms with Crippen molar-refractivity contribution in [2.24, 2.45) is 0 Å². The number of Topliss-reactive ketones (excluding diaryl/α,β-unsaturated/α-hetero) is 1. The third kappa shape index (κ3) is 2.92. The van der Waals surface area contributed by atoms with Gasteiger partial charge in [0.2, 0.25) is 11.8 Å². The quantitative estimate of drug-likeness (QED) is 0.470. The van der Waals surface area contributed by atoms with Crippen LogP contribution in [-0.4, -0.2) is 26.6 Å². The molecule has 8 heteroatoms. The van der Waals surface area contributed by atoms with Gasteiger partial charge in [-0.05, 0) is 47.9 Å². The van der Waals surface area contributed by atoms with Crippen molar-refractivity contribution in [3.63, 3.8) is 0 Å². The Balaban J connectivity index is 1.37. The van der Waals surface area contributed by atoms with E-state index in [1.165, 1.54) is 0 Å². The maximum atomic E-state index is 12.4. The van der Waals surface area contributed by atoms with E-state index in [4.69, 9.17) is 4.74 Å². The molecule has 0 bridgehead atoms. The lowest BCUT2D eigenvalue weighted by atomic mass is 10.1. The molecule has 6 rings (SSSR count). The highest BCUT2D eigenvalue weighted by Crippen LogP contribution is 2.35. The topological polar surface area (TPSA) is 109 Å². The zero-order valence-electron chi connectivity index (χ0n) is 16.4. The number of hydrogen-bond donors (Lipinski definition) is 3. The highest BCUT2D eigenvalue weighted by molar-refractivity contribution is 6.03. The molecule has 0 saturated carbocycles. The summed E-state index contributed by atoms with van der Waals surface area (Å²) < 4.78 is 6.14. The van der Waals surface area contributed by atoms with Crippen LogP contribution in [-0.2, 0) is 13.0 Å². The predicted octanol–water partition coefficient (Wildman–Crippen LogP) is 3.87. The first kappa shape index (κ1) is 17.6. The number of amides is 1. The lowest BCUT2D eigenvalue weighted by Crippen LogP contribution is -2.12. The van der Waals surface area contributed by atoms with Crippen LogP contribution >= 0.6 is 0 Å². The fraction of sp³-hybridized carbons (Fsp3) is 0.130. The number of aromatic nitrogens is 3. The standard InChI is InChI=1S/C23H17N5O3/c29-17-7-4-12-2-1-3-18(19(12)17)31-22-16-8-9-24-20(16)27-23(28-22)26-14-5-6-15-13(10-14)11-25-21(15)30/h1-3,5-6,8-10H,4,7,11H2,(H,25,30)(H2,24,26,27,28). The molecule has 1 amide bonds. The Kier molecular flexibility index (Phi) is 3.79. The fourth-order valence-electron chi connectivity index (χ4n) is 4.15. The van der Waals surface area contributed by atoms with Crippen LogP contribution in [0.3, 0.4) is 0 Å². The molecule has 2 aromatic carbocycles. The molecule has 0 fully saturated rings. The van der Waals surface area contributed by atoms with E-state index in [1.54, 1.807) is 18.3 Å². The summed E-state index contributed by atoms with van der Waals surface area (Å²) in [5.74, 6) is 1.24. The van der Waals surface area contributed by atoms with Crippen LogP contribution in [0.1, 0.15) is 38.3 Å². The molecule has 0 spiro atoms. The number of nitrogens with zero attached hydrogens (tertiary/aromatic N) is 2. The molecule has 1 aliphatic carbocycles. The molecule has 0 saturated heterocycles. The first-order chi connectivity index (χ1) is 15.2. The number of carbonyl (C=O) groups is 2. The number of anilines is 2. The zero-order valence-corrected chi connectivity index (χ0v) is 16.4. The molecule has 2 aromatic heterocycles. The van der Waals surface area contributed by atoms with Crippen LogP contribution in [0.15, 0.2) is 48.7 Å². The number of fused-ring (bicyclic) bond motifs is 3. The summed E-state index contributed by atoms with van der Waals surface area (Å²) in [6.07, 6.45) is 3.00. The van der Waals surface area contributed by atoms with Crippen molar-refractivity contribution in [3.05, 3.63) is 70.9 Å². The second kappa shape index (κ2) is 6.66. The average Bonchev–Trinajstić information content (AvgIpc) is 3.48. The Hall–Kier alpha value is -4.20. The van der Waals surface area contributed by atoms with Crippen molar-refractivity contribution in [1.82, 2.24) is 20.3 Å². The minimum Gasteiger partial charge on any atom is -0.437 e. The second-order valence-corrected chi connectivity index (χ2v) is 7.59. The van der Waals surface area contributed by atoms with Crippen LogP contribution < -0.4 is 15.4 Å². The number of H-pyrrole nitrogens is 1. The van der Waals surface area contributed by atoms with Crippen LogP contribution in [0.25, 0.3) is 11.0 Å². The van der Waals surface area contributed by atoms with Crippen LogP contribution in [0.2, 0.25) is 0 Å². The molecule has 0 unspecified atom stereocenters. The molecule has 152 valence electrons. The van der Waals surface area contributed by atoms with Crippen molar-refractivity contribution in [2.45, 2.75) is 19.4 Å². The lowest BCUT2D eigenvalue weighted by molar-refractivity contribution is 0.0963. The Morgan fingerprint density at radius 2 is 1.94 bits per heavy atom. The SMILES string of the molecule is O=C1NCc2cc(Nc3nc(Oc4cccc5c4C(=O)CC5)c4cc[nH]c4n3)ccc21. The second-order valence-electron chi connectivity index (χ2n) is 7.59. The number of ether oxygens (including phenoxy) is 1. The van der Waals surface area contributed by atoms with Crippen molar-refractivity contribution in [1.29, 1.82) is 0 Å². The minimum atomic E-state index is -0.0637. The van der Waals surface area contributed by atoms with E-state index in [9.17, 15) is 9.59 Å². The van der Waals surface area contributed by atoms with Gasteiger partial charge in [0.05, 0.1) is 10.9 Å². The highest BCUT2D eigenvalue weighted by Gasteiger charge is 2.25. The molecule has 0 atom stereocenters. The number of hydrogen-bond acceptors (Lipinski definition) is 6. The Morgan fingerprint density at radius 1 is 1.00 bits per heavy atom. The Bertz CT molecular complexity index is 1390. The predicted molar refractivity (Wildman–Crippen MR) is 114 cm³/mol. The molecular weight excluding hydrogens is 394 g/mol. The molecule has 31 heavy (non-hydrogen) atoms. The largest absolute Gasteiger partial charge is 0.437 e. The maximum absolute atomic E-state index is 12.4. The summed E-state index contributed by atoms with van der Waals surface area (Å²) in [7, 11) is 0. The Morgan fingerprint density at radius 3 is 2.87 bits per heavy atom. The van der Waals surface area contributed by atoms with Crippen molar-refractivity contribution >= 4 is 34.4 Å². The van der Waals surface area contributed by atoms with Gasteiger partial charge in [-0.1, -0.05) is 12.1 Å². The van der Waals surface area contributed by atoms with E-state index >= 15 is 0 Å². The zero-order chi connectivity index (χ0) is 20.9. The summed E-state index contributed by atoms with van der Waals surface area (Å²) in [5.41, 5.74) is 4.62. The molecule has 2 aliphatic rings. The summed E-state index contributed by atoms with van der Waals surface area (Å²) in [4.78, 5) is 36.3. The normalized spacial score (nSPS) is 14.5. The van der Waals surface area contributed by atoms with Crippen molar-refractivity contribution < 1.29 is 14.3 Å². The number of benzene rings is 2. The van der Waals surface area contributed by atoms with Gasteiger partial charge in [-0.2, -0.15) is 9.97 Å². The van der Waals surface area contributed by atoms with Gasteiger partial charge >= 0.3 is 0 Å². The van der Waals surface area contributed by atoms with Gasteiger partial charge in [-0.15, -0.1) is 0 Å².